The van der Waals surface area contributed by atoms with Crippen molar-refractivity contribution in [1.82, 2.24) is 10.3 Å². The molecule has 1 unspecified atom stereocenters. The van der Waals surface area contributed by atoms with E-state index < -0.39 is 0 Å². The van der Waals surface area contributed by atoms with E-state index in [1.807, 2.05) is 5.38 Å². The summed E-state index contributed by atoms with van der Waals surface area (Å²) in [4.78, 5) is 15.5. The number of carbonyl (C=O) groups excluding carboxylic acids is 1. The van der Waals surface area contributed by atoms with Crippen LogP contribution in [0.5, 0.6) is 0 Å². The Kier molecular flexibility index (Phi) is 5.65. The van der Waals surface area contributed by atoms with Gasteiger partial charge in [-0.15, -0.1) is 22.9 Å². The Morgan fingerprint density at radius 2 is 2.53 bits per heavy atom. The first-order chi connectivity index (χ1) is 7.24. The molecule has 0 aliphatic heterocycles. The lowest BCUT2D eigenvalue weighted by molar-refractivity contribution is -0.121. The lowest BCUT2D eigenvalue weighted by Gasteiger charge is -2.09. The van der Waals surface area contributed by atoms with Gasteiger partial charge in [-0.3, -0.25) is 4.79 Å². The molecule has 0 aliphatic rings. The van der Waals surface area contributed by atoms with E-state index in [0.29, 0.717) is 18.8 Å². The summed E-state index contributed by atoms with van der Waals surface area (Å²) in [5.41, 5.74) is 0. The predicted octanol–water partition coefficient (Wildman–Crippen LogP) is 2.38. The first-order valence-corrected chi connectivity index (χ1v) is 6.37. The average Bonchev–Trinajstić information content (AvgIpc) is 2.76. The molecule has 1 rings (SSSR count). The van der Waals surface area contributed by atoms with Crippen LogP contribution < -0.4 is 5.32 Å². The highest BCUT2D eigenvalue weighted by Gasteiger charge is 2.09. The highest BCUT2D eigenvalue weighted by Crippen LogP contribution is 2.16. The fraction of sp³-hybridized carbons (Fsp3) is 0.600. The van der Waals surface area contributed by atoms with Crippen molar-refractivity contribution in [2.75, 3.05) is 12.4 Å². The van der Waals surface area contributed by atoms with E-state index in [4.69, 9.17) is 11.6 Å². The minimum atomic E-state index is 0.0686. The number of hydrogen-bond donors (Lipinski definition) is 1. The highest BCUT2D eigenvalue weighted by atomic mass is 35.5. The maximum Gasteiger partial charge on any atom is 0.220 e. The number of alkyl halides is 1. The van der Waals surface area contributed by atoms with Crippen molar-refractivity contribution in [2.24, 2.45) is 0 Å². The molecular weight excluding hydrogens is 232 g/mol. The van der Waals surface area contributed by atoms with Gasteiger partial charge in [-0.05, 0) is 6.42 Å². The number of carbonyl (C=O) groups is 1. The SMILES string of the molecule is CC(CNC(=O)CCCCl)c1nccs1. The normalized spacial score (nSPS) is 12.4. The first-order valence-electron chi connectivity index (χ1n) is 4.96. The largest absolute Gasteiger partial charge is 0.355 e. The van der Waals surface area contributed by atoms with Gasteiger partial charge < -0.3 is 5.32 Å². The molecule has 5 heteroatoms. The van der Waals surface area contributed by atoms with Crippen LogP contribution >= 0.6 is 22.9 Å². The molecule has 0 fully saturated rings. The van der Waals surface area contributed by atoms with Gasteiger partial charge in [0.15, 0.2) is 0 Å². The molecule has 0 saturated carbocycles. The number of nitrogens with zero attached hydrogens (tertiary/aromatic N) is 1. The van der Waals surface area contributed by atoms with Crippen LogP contribution in [0.15, 0.2) is 11.6 Å². The molecule has 0 aliphatic carbocycles. The van der Waals surface area contributed by atoms with Gasteiger partial charge in [-0.2, -0.15) is 0 Å². The molecule has 0 aromatic carbocycles. The van der Waals surface area contributed by atoms with Crippen molar-refractivity contribution in [1.29, 1.82) is 0 Å². The molecule has 0 spiro atoms. The molecule has 1 N–H and O–H groups in total. The minimum Gasteiger partial charge on any atom is -0.355 e. The quantitative estimate of drug-likeness (QED) is 0.784. The summed E-state index contributed by atoms with van der Waals surface area (Å²) in [6.45, 7) is 2.70. The zero-order valence-electron chi connectivity index (χ0n) is 8.70. The molecule has 84 valence electrons. The Bertz CT molecular complexity index is 290. The topological polar surface area (TPSA) is 42.0 Å². The van der Waals surface area contributed by atoms with Crippen molar-refractivity contribution < 1.29 is 4.79 Å². The standard InChI is InChI=1S/C10H15ClN2OS/c1-8(10-12-5-6-15-10)7-13-9(14)3-2-4-11/h5-6,8H,2-4,7H2,1H3,(H,13,14). The van der Waals surface area contributed by atoms with E-state index in [1.165, 1.54) is 0 Å². The summed E-state index contributed by atoms with van der Waals surface area (Å²) in [6.07, 6.45) is 3.03. The summed E-state index contributed by atoms with van der Waals surface area (Å²) in [7, 11) is 0. The maximum absolute atomic E-state index is 11.3. The van der Waals surface area contributed by atoms with Crippen LogP contribution in [0.25, 0.3) is 0 Å². The molecule has 1 atom stereocenters. The van der Waals surface area contributed by atoms with Gasteiger partial charge in [0.25, 0.3) is 0 Å². The Hall–Kier alpha value is -0.610. The number of halogens is 1. The Labute approximate surface area is 98.9 Å². The smallest absolute Gasteiger partial charge is 0.220 e. The van der Waals surface area contributed by atoms with Gasteiger partial charge in [0, 0.05) is 36.3 Å². The van der Waals surface area contributed by atoms with Crippen LogP contribution in [-0.2, 0) is 4.79 Å². The third-order valence-corrected chi connectivity index (χ3v) is 3.29. The number of amides is 1. The van der Waals surface area contributed by atoms with E-state index in [-0.39, 0.29) is 11.8 Å². The average molecular weight is 247 g/mol. The van der Waals surface area contributed by atoms with Crippen molar-refractivity contribution in [3.8, 4) is 0 Å². The zero-order chi connectivity index (χ0) is 11.1. The highest BCUT2D eigenvalue weighted by molar-refractivity contribution is 7.09. The van der Waals surface area contributed by atoms with Crippen molar-refractivity contribution >= 4 is 28.8 Å². The van der Waals surface area contributed by atoms with Gasteiger partial charge in [0.1, 0.15) is 0 Å². The summed E-state index contributed by atoms with van der Waals surface area (Å²) in [6, 6.07) is 0. The molecule has 0 radical (unpaired) electrons. The van der Waals surface area contributed by atoms with Crippen LogP contribution in [0.4, 0.5) is 0 Å². The van der Waals surface area contributed by atoms with Gasteiger partial charge in [-0.1, -0.05) is 6.92 Å². The fourth-order valence-electron chi connectivity index (χ4n) is 1.15. The summed E-state index contributed by atoms with van der Waals surface area (Å²) in [5.74, 6) is 0.888. The van der Waals surface area contributed by atoms with E-state index >= 15 is 0 Å². The van der Waals surface area contributed by atoms with E-state index in [0.717, 1.165) is 11.4 Å². The molecular formula is C10H15ClN2OS. The molecule has 15 heavy (non-hydrogen) atoms. The predicted molar refractivity (Wildman–Crippen MR) is 63.5 cm³/mol. The van der Waals surface area contributed by atoms with Gasteiger partial charge in [0.2, 0.25) is 5.91 Å². The Morgan fingerprint density at radius 3 is 3.13 bits per heavy atom. The molecule has 0 bridgehead atoms. The number of hydrogen-bond acceptors (Lipinski definition) is 3. The lowest BCUT2D eigenvalue weighted by Crippen LogP contribution is -2.27. The molecule has 1 aromatic heterocycles. The summed E-state index contributed by atoms with van der Waals surface area (Å²) in [5, 5.41) is 5.88. The number of nitrogens with one attached hydrogen (secondary N) is 1. The fourth-order valence-corrected chi connectivity index (χ4v) is 1.98. The molecule has 3 nitrogen and oxygen atoms in total. The third kappa shape index (κ3) is 4.62. The second-order valence-electron chi connectivity index (χ2n) is 3.37. The van der Waals surface area contributed by atoms with Crippen molar-refractivity contribution in [2.45, 2.75) is 25.7 Å². The number of rotatable bonds is 6. The van der Waals surface area contributed by atoms with Crippen molar-refractivity contribution in [3.05, 3.63) is 16.6 Å². The molecule has 1 aromatic rings. The Morgan fingerprint density at radius 1 is 1.73 bits per heavy atom. The second kappa shape index (κ2) is 6.80. The van der Waals surface area contributed by atoms with Gasteiger partial charge in [-0.25, -0.2) is 4.98 Å². The Balaban J connectivity index is 2.22. The monoisotopic (exact) mass is 246 g/mol. The van der Waals surface area contributed by atoms with E-state index in [2.05, 4.69) is 17.2 Å². The lowest BCUT2D eigenvalue weighted by atomic mass is 10.2. The van der Waals surface area contributed by atoms with Crippen LogP contribution in [0.1, 0.15) is 30.7 Å². The number of thiazole rings is 1. The maximum atomic E-state index is 11.3. The first kappa shape index (κ1) is 12.5. The van der Waals surface area contributed by atoms with Crippen LogP contribution in [-0.4, -0.2) is 23.3 Å². The van der Waals surface area contributed by atoms with Crippen LogP contribution in [0.2, 0.25) is 0 Å². The molecule has 1 amide bonds. The summed E-state index contributed by atoms with van der Waals surface area (Å²) < 4.78 is 0. The number of aromatic nitrogens is 1. The van der Waals surface area contributed by atoms with Gasteiger partial charge >= 0.3 is 0 Å². The summed E-state index contributed by atoms with van der Waals surface area (Å²) >= 11 is 7.12. The van der Waals surface area contributed by atoms with Crippen LogP contribution in [0, 0.1) is 0 Å². The zero-order valence-corrected chi connectivity index (χ0v) is 10.3. The van der Waals surface area contributed by atoms with E-state index in [9.17, 15) is 4.79 Å². The second-order valence-corrected chi connectivity index (χ2v) is 4.67. The van der Waals surface area contributed by atoms with E-state index in [1.54, 1.807) is 17.5 Å². The van der Waals surface area contributed by atoms with Crippen molar-refractivity contribution in [3.63, 3.8) is 0 Å². The van der Waals surface area contributed by atoms with Crippen LogP contribution in [0.3, 0.4) is 0 Å². The molecule has 0 saturated heterocycles. The minimum absolute atomic E-state index is 0.0686. The van der Waals surface area contributed by atoms with Gasteiger partial charge in [0.05, 0.1) is 5.01 Å². The molecule has 1 heterocycles. The third-order valence-electron chi connectivity index (χ3n) is 2.02.